The van der Waals surface area contributed by atoms with Gasteiger partial charge in [-0.2, -0.15) is 0 Å². The van der Waals surface area contributed by atoms with Crippen LogP contribution in [-0.4, -0.2) is 11.9 Å². The molecule has 0 bridgehead atoms. The second-order valence-electron chi connectivity index (χ2n) is 7.59. The van der Waals surface area contributed by atoms with Crippen LogP contribution >= 0.6 is 0 Å². The number of anilines is 2. The number of nitrogens with one attached hydrogen (secondary N) is 3. The van der Waals surface area contributed by atoms with E-state index in [9.17, 15) is 9.59 Å². The smallest absolute Gasteiger partial charge is 0.319 e. The summed E-state index contributed by atoms with van der Waals surface area (Å²) >= 11 is 0. The third kappa shape index (κ3) is 6.59. The Morgan fingerprint density at radius 1 is 0.923 bits per heavy atom. The molecular formula is C21H27N3O2. The predicted molar refractivity (Wildman–Crippen MR) is 106 cm³/mol. The number of urea groups is 1. The SMILES string of the molecule is CC(=O)Nc1cccc(NC(=O)NC(CC(C)(C)C)c2ccccc2)c1. The third-order valence-electron chi connectivity index (χ3n) is 3.76. The normalized spacial score (nSPS) is 12.2. The Balaban J connectivity index is 2.08. The Bertz CT molecular complexity index is 751. The maximum atomic E-state index is 12.5. The second-order valence-corrected chi connectivity index (χ2v) is 7.59. The topological polar surface area (TPSA) is 70.2 Å². The van der Waals surface area contributed by atoms with Crippen molar-refractivity contribution in [1.29, 1.82) is 0 Å². The van der Waals surface area contributed by atoms with Crippen LogP contribution in [0.5, 0.6) is 0 Å². The summed E-state index contributed by atoms with van der Waals surface area (Å²) in [6, 6.07) is 16.7. The Labute approximate surface area is 155 Å². The molecule has 138 valence electrons. The van der Waals surface area contributed by atoms with E-state index in [4.69, 9.17) is 0 Å². The van der Waals surface area contributed by atoms with Crippen LogP contribution in [0.15, 0.2) is 54.6 Å². The number of hydrogen-bond acceptors (Lipinski definition) is 2. The van der Waals surface area contributed by atoms with Gasteiger partial charge in [-0.15, -0.1) is 0 Å². The predicted octanol–water partition coefficient (Wildman–Crippen LogP) is 4.94. The van der Waals surface area contributed by atoms with E-state index in [2.05, 4.69) is 36.7 Å². The Hall–Kier alpha value is -2.82. The highest BCUT2D eigenvalue weighted by atomic mass is 16.2. The Morgan fingerprint density at radius 3 is 2.12 bits per heavy atom. The molecule has 0 aliphatic rings. The van der Waals surface area contributed by atoms with E-state index in [1.165, 1.54) is 6.92 Å². The third-order valence-corrected chi connectivity index (χ3v) is 3.76. The van der Waals surface area contributed by atoms with Crippen molar-refractivity contribution < 1.29 is 9.59 Å². The minimum atomic E-state index is -0.275. The molecule has 3 N–H and O–H groups in total. The lowest BCUT2D eigenvalue weighted by Crippen LogP contribution is -2.34. The zero-order valence-electron chi connectivity index (χ0n) is 15.8. The molecule has 0 fully saturated rings. The molecule has 2 aromatic rings. The number of rotatable bonds is 5. The van der Waals surface area contributed by atoms with Gasteiger partial charge in [0.15, 0.2) is 0 Å². The van der Waals surface area contributed by atoms with Crippen LogP contribution in [0.3, 0.4) is 0 Å². The molecule has 0 radical (unpaired) electrons. The van der Waals surface area contributed by atoms with Gasteiger partial charge in [0.2, 0.25) is 5.91 Å². The first-order valence-corrected chi connectivity index (χ1v) is 8.73. The molecule has 0 saturated heterocycles. The summed E-state index contributed by atoms with van der Waals surface area (Å²) in [6.07, 6.45) is 0.816. The van der Waals surface area contributed by atoms with Crippen LogP contribution < -0.4 is 16.0 Å². The van der Waals surface area contributed by atoms with Gasteiger partial charge in [0.1, 0.15) is 0 Å². The zero-order valence-corrected chi connectivity index (χ0v) is 15.8. The average Bonchev–Trinajstić information content (AvgIpc) is 2.53. The number of benzene rings is 2. The lowest BCUT2D eigenvalue weighted by atomic mass is 9.85. The number of amides is 3. The fourth-order valence-corrected chi connectivity index (χ4v) is 2.75. The molecule has 0 aliphatic heterocycles. The highest BCUT2D eigenvalue weighted by Gasteiger charge is 2.22. The molecule has 2 rings (SSSR count). The van der Waals surface area contributed by atoms with E-state index < -0.39 is 0 Å². The van der Waals surface area contributed by atoms with Crippen LogP contribution in [0, 0.1) is 5.41 Å². The number of carbonyl (C=O) groups is 2. The summed E-state index contributed by atoms with van der Waals surface area (Å²) in [5.74, 6) is -0.152. The molecule has 0 aliphatic carbocycles. The molecule has 1 unspecified atom stereocenters. The van der Waals surface area contributed by atoms with Crippen molar-refractivity contribution in [3.05, 3.63) is 60.2 Å². The minimum Gasteiger partial charge on any atom is -0.331 e. The molecule has 1 atom stereocenters. The van der Waals surface area contributed by atoms with Crippen LogP contribution in [0.4, 0.5) is 16.2 Å². The summed E-state index contributed by atoms with van der Waals surface area (Å²) < 4.78 is 0. The maximum absolute atomic E-state index is 12.5. The van der Waals surface area contributed by atoms with Gasteiger partial charge in [0, 0.05) is 18.3 Å². The quantitative estimate of drug-likeness (QED) is 0.712. The van der Waals surface area contributed by atoms with Gasteiger partial charge < -0.3 is 16.0 Å². The summed E-state index contributed by atoms with van der Waals surface area (Å²) in [4.78, 5) is 23.7. The van der Waals surface area contributed by atoms with Crippen molar-refractivity contribution in [2.24, 2.45) is 5.41 Å². The first-order valence-electron chi connectivity index (χ1n) is 8.73. The summed E-state index contributed by atoms with van der Waals surface area (Å²) in [7, 11) is 0. The largest absolute Gasteiger partial charge is 0.331 e. The van der Waals surface area contributed by atoms with E-state index >= 15 is 0 Å². The molecular weight excluding hydrogens is 326 g/mol. The van der Waals surface area contributed by atoms with E-state index in [1.807, 2.05) is 30.3 Å². The Morgan fingerprint density at radius 2 is 1.54 bits per heavy atom. The van der Waals surface area contributed by atoms with Gasteiger partial charge in [-0.1, -0.05) is 57.2 Å². The van der Waals surface area contributed by atoms with Gasteiger partial charge in [0.05, 0.1) is 6.04 Å². The molecule has 5 nitrogen and oxygen atoms in total. The zero-order chi connectivity index (χ0) is 19.2. The molecule has 0 heterocycles. The molecule has 0 spiro atoms. The lowest BCUT2D eigenvalue weighted by molar-refractivity contribution is -0.114. The first kappa shape index (κ1) is 19.5. The van der Waals surface area contributed by atoms with Gasteiger partial charge in [-0.3, -0.25) is 4.79 Å². The van der Waals surface area contributed by atoms with Gasteiger partial charge in [0.25, 0.3) is 0 Å². The van der Waals surface area contributed by atoms with Crippen LogP contribution in [-0.2, 0) is 4.79 Å². The van der Waals surface area contributed by atoms with Crippen molar-refractivity contribution >= 4 is 23.3 Å². The fourth-order valence-electron chi connectivity index (χ4n) is 2.75. The van der Waals surface area contributed by atoms with Crippen LogP contribution in [0.1, 0.15) is 45.7 Å². The van der Waals surface area contributed by atoms with Gasteiger partial charge >= 0.3 is 6.03 Å². The first-order chi connectivity index (χ1) is 12.2. The van der Waals surface area contributed by atoms with E-state index in [-0.39, 0.29) is 23.4 Å². The molecule has 3 amide bonds. The lowest BCUT2D eigenvalue weighted by Gasteiger charge is -2.27. The van der Waals surface area contributed by atoms with Gasteiger partial charge in [-0.25, -0.2) is 4.79 Å². The number of hydrogen-bond donors (Lipinski definition) is 3. The van der Waals surface area contributed by atoms with Crippen molar-refractivity contribution in [3.8, 4) is 0 Å². The molecule has 0 aromatic heterocycles. The standard InChI is InChI=1S/C21H27N3O2/c1-15(25)22-17-11-8-12-18(13-17)23-20(26)24-19(14-21(2,3)4)16-9-6-5-7-10-16/h5-13,19H,14H2,1-4H3,(H,22,25)(H2,23,24,26). The van der Waals surface area contributed by atoms with Crippen LogP contribution in [0.25, 0.3) is 0 Å². The second kappa shape index (κ2) is 8.52. The number of carbonyl (C=O) groups excluding carboxylic acids is 2. The fraction of sp³-hybridized carbons (Fsp3) is 0.333. The van der Waals surface area contributed by atoms with Crippen molar-refractivity contribution in [2.45, 2.75) is 40.2 Å². The highest BCUT2D eigenvalue weighted by Crippen LogP contribution is 2.29. The monoisotopic (exact) mass is 353 g/mol. The maximum Gasteiger partial charge on any atom is 0.319 e. The summed E-state index contributed by atoms with van der Waals surface area (Å²) in [5, 5.41) is 8.61. The van der Waals surface area contributed by atoms with E-state index in [0.717, 1.165) is 12.0 Å². The highest BCUT2D eigenvalue weighted by molar-refractivity contribution is 5.92. The average molecular weight is 353 g/mol. The van der Waals surface area contributed by atoms with Crippen LogP contribution in [0.2, 0.25) is 0 Å². The molecule has 5 heteroatoms. The van der Waals surface area contributed by atoms with Crippen molar-refractivity contribution in [1.82, 2.24) is 5.32 Å². The molecule has 2 aromatic carbocycles. The van der Waals surface area contributed by atoms with E-state index in [0.29, 0.717) is 11.4 Å². The molecule has 26 heavy (non-hydrogen) atoms. The minimum absolute atomic E-state index is 0.0686. The van der Waals surface area contributed by atoms with Gasteiger partial charge in [-0.05, 0) is 35.6 Å². The summed E-state index contributed by atoms with van der Waals surface area (Å²) in [5.41, 5.74) is 2.41. The molecule has 0 saturated carbocycles. The summed E-state index contributed by atoms with van der Waals surface area (Å²) in [6.45, 7) is 7.90. The van der Waals surface area contributed by atoms with Crippen molar-refractivity contribution in [3.63, 3.8) is 0 Å². The van der Waals surface area contributed by atoms with Crippen molar-refractivity contribution in [2.75, 3.05) is 10.6 Å². The van der Waals surface area contributed by atoms with E-state index in [1.54, 1.807) is 24.3 Å². The Kier molecular flexibility index (Phi) is 6.39.